The fraction of sp³-hybridized carbons (Fsp3) is 0.385. The summed E-state index contributed by atoms with van der Waals surface area (Å²) < 4.78 is 18.6. The summed E-state index contributed by atoms with van der Waals surface area (Å²) in [6.07, 6.45) is 1.00. The van der Waals surface area contributed by atoms with Gasteiger partial charge in [-0.3, -0.25) is 0 Å². The molecule has 0 saturated carbocycles. The van der Waals surface area contributed by atoms with E-state index in [4.69, 9.17) is 27.6 Å². The number of halogens is 3. The van der Waals surface area contributed by atoms with Crippen LogP contribution in [0.5, 0.6) is 0 Å². The summed E-state index contributed by atoms with van der Waals surface area (Å²) in [5.41, 5.74) is 0.323. The maximum absolute atomic E-state index is 13.1. The van der Waals surface area contributed by atoms with E-state index in [1.54, 1.807) is 0 Å². The molecular weight excluding hydrogens is 318 g/mol. The lowest BCUT2D eigenvalue weighted by atomic mass is 10.3. The lowest BCUT2D eigenvalue weighted by Gasteiger charge is -2.08. The molecule has 0 aliphatic carbocycles. The van der Waals surface area contributed by atoms with Gasteiger partial charge in [-0.1, -0.05) is 35.2 Å². The van der Waals surface area contributed by atoms with Gasteiger partial charge >= 0.3 is 6.01 Å². The summed E-state index contributed by atoms with van der Waals surface area (Å²) >= 11 is 11.9. The Morgan fingerprint density at radius 1 is 1.29 bits per heavy atom. The van der Waals surface area contributed by atoms with Gasteiger partial charge in [-0.05, 0) is 32.0 Å². The first kappa shape index (κ1) is 16.0. The first-order valence-corrected chi connectivity index (χ1v) is 7.25. The Morgan fingerprint density at radius 3 is 2.57 bits per heavy atom. The summed E-state index contributed by atoms with van der Waals surface area (Å²) in [4.78, 5) is 0. The van der Waals surface area contributed by atoms with E-state index in [2.05, 4.69) is 27.8 Å². The zero-order valence-corrected chi connectivity index (χ0v) is 13.1. The molecule has 1 unspecified atom stereocenters. The van der Waals surface area contributed by atoms with Crippen LogP contribution in [0.1, 0.15) is 32.2 Å². The van der Waals surface area contributed by atoms with Gasteiger partial charge < -0.3 is 15.1 Å². The Kier molecular flexibility index (Phi) is 5.39. The topological polar surface area (TPSA) is 63.0 Å². The number of aromatic nitrogens is 2. The van der Waals surface area contributed by atoms with Crippen LogP contribution < -0.4 is 10.6 Å². The van der Waals surface area contributed by atoms with Crippen molar-refractivity contribution in [1.82, 2.24) is 15.5 Å². The molecule has 2 aromatic rings. The van der Waals surface area contributed by atoms with Gasteiger partial charge in [-0.15, -0.1) is 5.10 Å². The molecule has 2 N–H and O–H groups in total. The van der Waals surface area contributed by atoms with Crippen molar-refractivity contribution >= 4 is 34.9 Å². The van der Waals surface area contributed by atoms with Crippen molar-refractivity contribution in [3.8, 4) is 0 Å². The zero-order valence-electron chi connectivity index (χ0n) is 11.6. The van der Waals surface area contributed by atoms with E-state index in [9.17, 15) is 4.39 Å². The zero-order chi connectivity index (χ0) is 15.4. The van der Waals surface area contributed by atoms with Gasteiger partial charge in [0.1, 0.15) is 5.82 Å². The van der Waals surface area contributed by atoms with Crippen LogP contribution in [0.15, 0.2) is 16.5 Å². The molecule has 2 rings (SSSR count). The number of nitrogens with zero attached hydrogens (tertiary/aromatic N) is 2. The molecule has 0 bridgehead atoms. The van der Waals surface area contributed by atoms with Gasteiger partial charge in [0.2, 0.25) is 5.89 Å². The lowest BCUT2D eigenvalue weighted by Crippen LogP contribution is -2.19. The van der Waals surface area contributed by atoms with Gasteiger partial charge in [0.15, 0.2) is 0 Å². The highest BCUT2D eigenvalue weighted by Gasteiger charge is 2.15. The maximum atomic E-state index is 13.1. The van der Waals surface area contributed by atoms with Crippen molar-refractivity contribution in [3.05, 3.63) is 33.9 Å². The molecule has 1 heterocycles. The molecule has 1 atom stereocenters. The van der Waals surface area contributed by atoms with Crippen molar-refractivity contribution in [2.24, 2.45) is 0 Å². The Bertz CT molecular complexity index is 597. The van der Waals surface area contributed by atoms with E-state index in [-0.39, 0.29) is 22.1 Å². The summed E-state index contributed by atoms with van der Waals surface area (Å²) in [5, 5.41) is 14.1. The normalized spacial score (nSPS) is 12.4. The lowest BCUT2D eigenvalue weighted by molar-refractivity contribution is 0.424. The molecule has 114 valence electrons. The van der Waals surface area contributed by atoms with Crippen LogP contribution >= 0.6 is 23.2 Å². The van der Waals surface area contributed by atoms with Gasteiger partial charge in [0, 0.05) is 0 Å². The number of anilines is 2. The minimum Gasteiger partial charge on any atom is -0.406 e. The number of hydrogen-bond donors (Lipinski definition) is 2. The predicted octanol–water partition coefficient (Wildman–Crippen LogP) is 4.32. The second kappa shape index (κ2) is 7.06. The Hall–Kier alpha value is -1.37. The third kappa shape index (κ3) is 4.06. The summed E-state index contributed by atoms with van der Waals surface area (Å²) in [6, 6.07) is 2.38. The molecule has 8 heteroatoms. The quantitative estimate of drug-likeness (QED) is 0.824. The number of benzene rings is 1. The Labute approximate surface area is 131 Å². The first-order valence-electron chi connectivity index (χ1n) is 6.49. The van der Waals surface area contributed by atoms with Crippen LogP contribution in [0.2, 0.25) is 10.0 Å². The van der Waals surface area contributed by atoms with Crippen LogP contribution in [-0.4, -0.2) is 16.7 Å². The molecule has 5 nitrogen and oxygen atoms in total. The predicted molar refractivity (Wildman–Crippen MR) is 80.7 cm³/mol. The average Bonchev–Trinajstić information content (AvgIpc) is 2.89. The number of hydrogen-bond acceptors (Lipinski definition) is 5. The van der Waals surface area contributed by atoms with Crippen molar-refractivity contribution < 1.29 is 8.81 Å². The highest BCUT2D eigenvalue weighted by atomic mass is 35.5. The first-order chi connectivity index (χ1) is 10.0. The molecule has 0 fully saturated rings. The minimum atomic E-state index is -0.515. The van der Waals surface area contributed by atoms with Gasteiger partial charge in [0.05, 0.1) is 21.8 Å². The SMILES string of the molecule is CCCNC(C)c1nnc(Nc2c(Cl)cc(F)cc2Cl)o1. The number of rotatable bonds is 6. The summed E-state index contributed by atoms with van der Waals surface area (Å²) in [7, 11) is 0. The molecule has 0 saturated heterocycles. The van der Waals surface area contributed by atoms with Crippen molar-refractivity contribution in [2.45, 2.75) is 26.3 Å². The third-order valence-electron chi connectivity index (χ3n) is 2.75. The molecule has 0 radical (unpaired) electrons. The van der Waals surface area contributed by atoms with Crippen molar-refractivity contribution in [3.63, 3.8) is 0 Å². The Morgan fingerprint density at radius 2 is 1.95 bits per heavy atom. The summed E-state index contributed by atoms with van der Waals surface area (Å²) in [6.45, 7) is 4.84. The van der Waals surface area contributed by atoms with Gasteiger partial charge in [-0.25, -0.2) is 4.39 Å². The standard InChI is InChI=1S/C13H15Cl2FN4O/c1-3-4-17-7(2)12-19-20-13(21-12)18-11-9(14)5-8(16)6-10(11)15/h5-7,17H,3-4H2,1-2H3,(H,18,20). The van der Waals surface area contributed by atoms with Crippen LogP contribution in [0.4, 0.5) is 16.1 Å². The smallest absolute Gasteiger partial charge is 0.320 e. The molecule has 1 aromatic carbocycles. The van der Waals surface area contributed by atoms with Crippen LogP contribution in [0.3, 0.4) is 0 Å². The van der Waals surface area contributed by atoms with Crippen molar-refractivity contribution in [1.29, 1.82) is 0 Å². The molecular formula is C13H15Cl2FN4O. The van der Waals surface area contributed by atoms with Gasteiger partial charge in [0.25, 0.3) is 0 Å². The largest absolute Gasteiger partial charge is 0.406 e. The molecule has 1 aromatic heterocycles. The minimum absolute atomic E-state index is 0.0628. The highest BCUT2D eigenvalue weighted by Crippen LogP contribution is 2.33. The van der Waals surface area contributed by atoms with E-state index in [0.29, 0.717) is 11.6 Å². The van der Waals surface area contributed by atoms with Crippen molar-refractivity contribution in [2.75, 3.05) is 11.9 Å². The van der Waals surface area contributed by atoms with Crippen LogP contribution in [0, 0.1) is 5.82 Å². The highest BCUT2D eigenvalue weighted by molar-refractivity contribution is 6.39. The van der Waals surface area contributed by atoms with E-state index >= 15 is 0 Å². The second-order valence-corrected chi connectivity index (χ2v) is 5.31. The van der Waals surface area contributed by atoms with Crippen LogP contribution in [-0.2, 0) is 0 Å². The molecule has 0 aliphatic rings. The molecule has 0 aliphatic heterocycles. The molecule has 0 spiro atoms. The van der Waals surface area contributed by atoms with E-state index in [1.807, 2.05) is 6.92 Å². The van der Waals surface area contributed by atoms with E-state index in [1.165, 1.54) is 0 Å². The fourth-order valence-corrected chi connectivity index (χ4v) is 2.23. The Balaban J connectivity index is 2.13. The van der Waals surface area contributed by atoms with E-state index < -0.39 is 5.82 Å². The second-order valence-electron chi connectivity index (χ2n) is 4.49. The maximum Gasteiger partial charge on any atom is 0.320 e. The van der Waals surface area contributed by atoms with E-state index in [0.717, 1.165) is 25.1 Å². The van der Waals surface area contributed by atoms with Gasteiger partial charge in [-0.2, -0.15) is 0 Å². The molecule has 21 heavy (non-hydrogen) atoms. The third-order valence-corrected chi connectivity index (χ3v) is 3.35. The fourth-order valence-electron chi connectivity index (χ4n) is 1.68. The number of nitrogens with one attached hydrogen (secondary N) is 2. The van der Waals surface area contributed by atoms with Crippen LogP contribution in [0.25, 0.3) is 0 Å². The average molecular weight is 333 g/mol. The monoisotopic (exact) mass is 332 g/mol. The molecule has 0 amide bonds. The summed E-state index contributed by atoms with van der Waals surface area (Å²) in [5.74, 6) is -0.0699.